The Morgan fingerprint density at radius 1 is 1.29 bits per heavy atom. The molecule has 114 valence electrons. The van der Waals surface area contributed by atoms with Crippen LogP contribution in [0.5, 0.6) is 0 Å². The van der Waals surface area contributed by atoms with Gasteiger partial charge in [0.15, 0.2) is 0 Å². The van der Waals surface area contributed by atoms with Gasteiger partial charge in [0, 0.05) is 17.9 Å². The summed E-state index contributed by atoms with van der Waals surface area (Å²) in [7, 11) is 0. The van der Waals surface area contributed by atoms with Crippen molar-refractivity contribution in [3.63, 3.8) is 0 Å². The van der Waals surface area contributed by atoms with E-state index in [1.54, 1.807) is 24.3 Å². The zero-order valence-corrected chi connectivity index (χ0v) is 13.0. The van der Waals surface area contributed by atoms with Crippen molar-refractivity contribution in [2.75, 3.05) is 18.5 Å². The van der Waals surface area contributed by atoms with Crippen molar-refractivity contribution in [2.24, 2.45) is 11.7 Å². The molecule has 1 aromatic rings. The van der Waals surface area contributed by atoms with E-state index in [-0.39, 0.29) is 5.91 Å². The Labute approximate surface area is 131 Å². The fraction of sp³-hybridized carbons (Fsp3) is 0.500. The number of nitrogens with one attached hydrogen (secondary N) is 1. The summed E-state index contributed by atoms with van der Waals surface area (Å²) in [5.74, 6) is 0.658. The maximum Gasteiger partial charge on any atom is 0.226 e. The Bertz CT molecular complexity index is 482. The number of anilines is 1. The van der Waals surface area contributed by atoms with Crippen LogP contribution in [0, 0.1) is 5.92 Å². The summed E-state index contributed by atoms with van der Waals surface area (Å²) < 4.78 is 5.58. The molecule has 0 atom stereocenters. The molecule has 1 amide bonds. The van der Waals surface area contributed by atoms with Crippen molar-refractivity contribution < 1.29 is 9.53 Å². The number of rotatable bonds is 7. The van der Waals surface area contributed by atoms with E-state index in [0.717, 1.165) is 17.9 Å². The largest absolute Gasteiger partial charge is 0.389 e. The van der Waals surface area contributed by atoms with E-state index < -0.39 is 0 Å². The highest BCUT2D eigenvalue weighted by Gasteiger charge is 2.14. The van der Waals surface area contributed by atoms with Crippen LogP contribution in [-0.4, -0.2) is 24.1 Å². The monoisotopic (exact) mass is 306 g/mol. The minimum absolute atomic E-state index is 0.0375. The second kappa shape index (κ2) is 8.10. The second-order valence-electron chi connectivity index (χ2n) is 5.47. The number of nitrogens with two attached hydrogens (primary N) is 1. The molecule has 21 heavy (non-hydrogen) atoms. The first-order valence-electron chi connectivity index (χ1n) is 7.42. The molecule has 0 heterocycles. The molecule has 5 heteroatoms. The van der Waals surface area contributed by atoms with Crippen LogP contribution in [0.25, 0.3) is 0 Å². The number of thiocarbonyl (C=S) groups is 1. The van der Waals surface area contributed by atoms with E-state index >= 15 is 0 Å². The van der Waals surface area contributed by atoms with Crippen molar-refractivity contribution in [1.82, 2.24) is 0 Å². The Balaban J connectivity index is 1.65. The molecule has 4 nitrogen and oxygen atoms in total. The Morgan fingerprint density at radius 3 is 2.57 bits per heavy atom. The van der Waals surface area contributed by atoms with E-state index in [1.807, 2.05) is 0 Å². The predicted octanol–water partition coefficient (Wildman–Crippen LogP) is 2.86. The smallest absolute Gasteiger partial charge is 0.226 e. The van der Waals surface area contributed by atoms with Gasteiger partial charge in [0.25, 0.3) is 0 Å². The number of amides is 1. The zero-order valence-electron chi connectivity index (χ0n) is 12.1. The molecule has 1 aromatic carbocycles. The van der Waals surface area contributed by atoms with E-state index in [2.05, 4.69) is 5.32 Å². The van der Waals surface area contributed by atoms with Crippen LogP contribution in [0.15, 0.2) is 24.3 Å². The summed E-state index contributed by atoms with van der Waals surface area (Å²) in [5.41, 5.74) is 7.07. The highest BCUT2D eigenvalue weighted by atomic mass is 32.1. The quantitative estimate of drug-likeness (QED) is 0.600. The minimum atomic E-state index is -0.0375. The summed E-state index contributed by atoms with van der Waals surface area (Å²) in [6, 6.07) is 7.20. The molecule has 0 aliphatic heterocycles. The lowest BCUT2D eigenvalue weighted by molar-refractivity contribution is -0.117. The molecule has 1 saturated carbocycles. The number of hydrogen-bond donors (Lipinski definition) is 2. The van der Waals surface area contributed by atoms with Gasteiger partial charge in [-0.1, -0.05) is 25.1 Å². The van der Waals surface area contributed by atoms with E-state index in [9.17, 15) is 4.79 Å². The summed E-state index contributed by atoms with van der Waals surface area (Å²) in [4.78, 5) is 12.1. The van der Waals surface area contributed by atoms with Gasteiger partial charge in [-0.3, -0.25) is 4.79 Å². The normalized spacial score (nSPS) is 15.0. The van der Waals surface area contributed by atoms with Gasteiger partial charge in [-0.2, -0.15) is 0 Å². The van der Waals surface area contributed by atoms with Gasteiger partial charge in [0.2, 0.25) is 5.91 Å². The lowest BCUT2D eigenvalue weighted by Gasteiger charge is -2.10. The van der Waals surface area contributed by atoms with Gasteiger partial charge in [-0.05, 0) is 43.0 Å². The van der Waals surface area contributed by atoms with Gasteiger partial charge in [0.05, 0.1) is 13.0 Å². The summed E-state index contributed by atoms with van der Waals surface area (Å²) in [5, 5.41) is 2.83. The van der Waals surface area contributed by atoms with Gasteiger partial charge in [-0.25, -0.2) is 0 Å². The SMILES string of the molecule is NC(=S)c1ccc(NC(=O)CCOCC2CCCC2)cc1. The highest BCUT2D eigenvalue weighted by Crippen LogP contribution is 2.24. The van der Waals surface area contributed by atoms with Crippen LogP contribution in [0.2, 0.25) is 0 Å². The second-order valence-corrected chi connectivity index (χ2v) is 5.91. The molecule has 1 fully saturated rings. The van der Waals surface area contributed by atoms with Crippen LogP contribution < -0.4 is 11.1 Å². The number of carbonyl (C=O) groups excluding carboxylic acids is 1. The van der Waals surface area contributed by atoms with E-state index in [4.69, 9.17) is 22.7 Å². The first-order valence-corrected chi connectivity index (χ1v) is 7.83. The molecule has 1 aliphatic carbocycles. The number of carbonyl (C=O) groups is 1. The average Bonchev–Trinajstić information content (AvgIpc) is 2.97. The molecule has 3 N–H and O–H groups in total. The van der Waals surface area contributed by atoms with Crippen LogP contribution >= 0.6 is 12.2 Å². The third-order valence-electron chi connectivity index (χ3n) is 3.75. The van der Waals surface area contributed by atoms with Gasteiger partial charge >= 0.3 is 0 Å². The summed E-state index contributed by atoms with van der Waals surface area (Å²) in [6.45, 7) is 1.27. The van der Waals surface area contributed by atoms with Crippen LogP contribution in [0.1, 0.15) is 37.7 Å². The van der Waals surface area contributed by atoms with Crippen LogP contribution in [-0.2, 0) is 9.53 Å². The predicted molar refractivity (Wildman–Crippen MR) is 88.4 cm³/mol. The average molecular weight is 306 g/mol. The maximum absolute atomic E-state index is 11.8. The van der Waals surface area contributed by atoms with E-state index in [0.29, 0.717) is 23.9 Å². The van der Waals surface area contributed by atoms with Crippen molar-refractivity contribution in [1.29, 1.82) is 0 Å². The van der Waals surface area contributed by atoms with Crippen molar-refractivity contribution in [3.8, 4) is 0 Å². The maximum atomic E-state index is 11.8. The molecule has 1 aliphatic rings. The van der Waals surface area contributed by atoms with Gasteiger partial charge in [-0.15, -0.1) is 0 Å². The number of benzene rings is 1. The molecule has 0 bridgehead atoms. The van der Waals surface area contributed by atoms with Crippen molar-refractivity contribution in [2.45, 2.75) is 32.1 Å². The van der Waals surface area contributed by atoms with Gasteiger partial charge in [0.1, 0.15) is 4.99 Å². The van der Waals surface area contributed by atoms with Crippen molar-refractivity contribution >= 4 is 28.8 Å². The third-order valence-corrected chi connectivity index (χ3v) is 3.99. The fourth-order valence-corrected chi connectivity index (χ4v) is 2.67. The Hall–Kier alpha value is -1.46. The van der Waals surface area contributed by atoms with Crippen LogP contribution in [0.4, 0.5) is 5.69 Å². The molecule has 0 aromatic heterocycles. The number of ether oxygens (including phenoxy) is 1. The van der Waals surface area contributed by atoms with Gasteiger partial charge < -0.3 is 15.8 Å². The molecule has 2 rings (SSSR count). The molecular formula is C16H22N2O2S. The lowest BCUT2D eigenvalue weighted by atomic mass is 10.1. The van der Waals surface area contributed by atoms with Crippen LogP contribution in [0.3, 0.4) is 0 Å². The fourth-order valence-electron chi connectivity index (χ4n) is 2.53. The Morgan fingerprint density at radius 2 is 1.95 bits per heavy atom. The minimum Gasteiger partial charge on any atom is -0.389 e. The topological polar surface area (TPSA) is 64.3 Å². The molecule has 0 saturated heterocycles. The lowest BCUT2D eigenvalue weighted by Crippen LogP contribution is -2.16. The highest BCUT2D eigenvalue weighted by molar-refractivity contribution is 7.80. The standard InChI is InChI=1S/C16H22N2O2S/c17-16(21)13-5-7-14(8-6-13)18-15(19)9-10-20-11-12-3-1-2-4-12/h5-8,12H,1-4,9-11H2,(H2,17,21)(H,18,19). The van der Waals surface area contributed by atoms with Crippen molar-refractivity contribution in [3.05, 3.63) is 29.8 Å². The molecule has 0 radical (unpaired) electrons. The molecule has 0 unspecified atom stereocenters. The van der Waals surface area contributed by atoms with E-state index in [1.165, 1.54) is 25.7 Å². The summed E-state index contributed by atoms with van der Waals surface area (Å²) in [6.07, 6.45) is 5.54. The first-order chi connectivity index (χ1) is 10.1. The molecule has 0 spiro atoms. The zero-order chi connectivity index (χ0) is 15.1. The number of hydrogen-bond acceptors (Lipinski definition) is 3. The summed E-state index contributed by atoms with van der Waals surface area (Å²) >= 11 is 4.88. The first kappa shape index (κ1) is 15.9. The molecular weight excluding hydrogens is 284 g/mol. The Kier molecular flexibility index (Phi) is 6.14. The third kappa shape index (κ3) is 5.44.